The number of halogens is 1. The molecule has 1 N–H and O–H groups in total. The molecule has 174 valence electrons. The number of rotatable bonds is 6. The lowest BCUT2D eigenvalue weighted by Crippen LogP contribution is -2.40. The smallest absolute Gasteiger partial charge is 0.338 e. The number of carbonyl (C=O) groups is 2. The third kappa shape index (κ3) is 4.76. The van der Waals surface area contributed by atoms with E-state index < -0.39 is 11.8 Å². The zero-order valence-corrected chi connectivity index (χ0v) is 18.7. The van der Waals surface area contributed by atoms with Gasteiger partial charge in [-0.2, -0.15) is 10.4 Å². The molecular formula is C24H27FN4O4. The molecule has 2 aliphatic rings. The Hall–Kier alpha value is -3.25. The maximum Gasteiger partial charge on any atom is 0.338 e. The van der Waals surface area contributed by atoms with Gasteiger partial charge in [0.15, 0.2) is 0 Å². The van der Waals surface area contributed by atoms with E-state index in [0.29, 0.717) is 44.8 Å². The number of esters is 1. The number of hydrogen-bond acceptors (Lipinski definition) is 6. The maximum absolute atomic E-state index is 13.8. The van der Waals surface area contributed by atoms with Gasteiger partial charge in [-0.05, 0) is 62.6 Å². The zero-order valence-electron chi connectivity index (χ0n) is 18.7. The predicted molar refractivity (Wildman–Crippen MR) is 116 cm³/mol. The van der Waals surface area contributed by atoms with Crippen LogP contribution in [0.2, 0.25) is 0 Å². The zero-order chi connectivity index (χ0) is 23.4. The number of nitriles is 1. The second-order valence-corrected chi connectivity index (χ2v) is 8.61. The number of nitrogens with one attached hydrogen (secondary N) is 1. The molecule has 33 heavy (non-hydrogen) atoms. The molecule has 0 atom stereocenters. The molecule has 1 amide bonds. The van der Waals surface area contributed by atoms with Crippen molar-refractivity contribution in [3.63, 3.8) is 0 Å². The quantitative estimate of drug-likeness (QED) is 0.531. The van der Waals surface area contributed by atoms with Crippen molar-refractivity contribution in [2.75, 3.05) is 26.4 Å². The molecule has 0 bridgehead atoms. The first-order valence-corrected chi connectivity index (χ1v) is 11.3. The van der Waals surface area contributed by atoms with Gasteiger partial charge in [0.25, 0.3) is 5.91 Å². The van der Waals surface area contributed by atoms with Crippen LogP contribution in [0.15, 0.2) is 18.2 Å². The van der Waals surface area contributed by atoms with Crippen molar-refractivity contribution in [1.29, 1.82) is 5.26 Å². The molecule has 1 spiro atoms. The largest absolute Gasteiger partial charge is 0.462 e. The number of hydrogen-bond donors (Lipinski definition) is 1. The summed E-state index contributed by atoms with van der Waals surface area (Å²) in [5, 5.41) is 16.6. The molecular weight excluding hydrogens is 427 g/mol. The lowest BCUT2D eigenvalue weighted by atomic mass is 9.75. The van der Waals surface area contributed by atoms with Gasteiger partial charge in [-0.25, -0.2) is 9.18 Å². The van der Waals surface area contributed by atoms with E-state index in [2.05, 4.69) is 10.4 Å². The number of nitrogens with zero attached hydrogens (tertiary/aromatic N) is 3. The first-order chi connectivity index (χ1) is 16.0. The fourth-order valence-corrected chi connectivity index (χ4v) is 4.59. The van der Waals surface area contributed by atoms with E-state index in [9.17, 15) is 14.0 Å². The molecule has 8 nitrogen and oxygen atoms in total. The number of carbonyl (C=O) groups excluding carboxylic acids is 2. The lowest BCUT2D eigenvalue weighted by molar-refractivity contribution is 0.0160. The average molecular weight is 455 g/mol. The number of benzene rings is 1. The molecule has 0 unspecified atom stereocenters. The summed E-state index contributed by atoms with van der Waals surface area (Å²) in [6, 6.07) is 5.36. The molecule has 0 saturated carbocycles. The average Bonchev–Trinajstić information content (AvgIpc) is 3.10. The summed E-state index contributed by atoms with van der Waals surface area (Å²) in [5.74, 6) is -1.49. The SMILES string of the molecule is CCn1nc(CCCOC(=O)c2ccc(C#N)c(F)c2)c2c1C(=O)NCC1(CCOCC1)C2. The minimum atomic E-state index is -0.750. The van der Waals surface area contributed by atoms with Crippen LogP contribution in [0.4, 0.5) is 4.39 Å². The number of aryl methyl sites for hydroxylation is 2. The van der Waals surface area contributed by atoms with Crippen LogP contribution in [-0.4, -0.2) is 48.0 Å². The van der Waals surface area contributed by atoms with Gasteiger partial charge in [0.05, 0.1) is 23.4 Å². The number of fused-ring (bicyclic) bond motifs is 1. The Morgan fingerprint density at radius 1 is 1.39 bits per heavy atom. The Labute approximate surface area is 191 Å². The van der Waals surface area contributed by atoms with Crippen LogP contribution < -0.4 is 5.32 Å². The molecule has 1 aromatic heterocycles. The maximum atomic E-state index is 13.8. The predicted octanol–water partition coefficient (Wildman–Crippen LogP) is 2.79. The van der Waals surface area contributed by atoms with Crippen LogP contribution in [-0.2, 0) is 28.9 Å². The van der Waals surface area contributed by atoms with E-state index in [0.717, 1.165) is 36.6 Å². The highest BCUT2D eigenvalue weighted by atomic mass is 19.1. The van der Waals surface area contributed by atoms with Crippen molar-refractivity contribution < 1.29 is 23.5 Å². The highest BCUT2D eigenvalue weighted by Gasteiger charge is 2.39. The van der Waals surface area contributed by atoms with E-state index >= 15 is 0 Å². The molecule has 1 aromatic carbocycles. The number of aromatic nitrogens is 2. The van der Waals surface area contributed by atoms with E-state index in [-0.39, 0.29) is 29.1 Å². The summed E-state index contributed by atoms with van der Waals surface area (Å²) in [6.45, 7) is 4.69. The summed E-state index contributed by atoms with van der Waals surface area (Å²) >= 11 is 0. The van der Waals surface area contributed by atoms with Crippen molar-refractivity contribution in [1.82, 2.24) is 15.1 Å². The second-order valence-electron chi connectivity index (χ2n) is 8.61. The van der Waals surface area contributed by atoms with E-state index in [1.165, 1.54) is 12.1 Å². The fourth-order valence-electron chi connectivity index (χ4n) is 4.59. The Bertz CT molecular complexity index is 1100. The molecule has 3 heterocycles. The van der Waals surface area contributed by atoms with Crippen LogP contribution >= 0.6 is 0 Å². The molecule has 0 aliphatic carbocycles. The highest BCUT2D eigenvalue weighted by molar-refractivity contribution is 5.94. The molecule has 9 heteroatoms. The fraction of sp³-hybridized carbons (Fsp3) is 0.500. The third-order valence-corrected chi connectivity index (χ3v) is 6.49. The van der Waals surface area contributed by atoms with Crippen LogP contribution in [0.5, 0.6) is 0 Å². The third-order valence-electron chi connectivity index (χ3n) is 6.49. The standard InChI is InChI=1S/C24H27FN4O4/c1-2-29-21-18(13-24(15-27-22(21)30)7-10-32-11-8-24)20(28-29)4-3-9-33-23(31)16-5-6-17(14-26)19(25)12-16/h5-6,12H,2-4,7-11,13,15H2,1H3,(H,27,30). The summed E-state index contributed by atoms with van der Waals surface area (Å²) < 4.78 is 26.3. The number of ether oxygens (including phenoxy) is 2. The molecule has 0 radical (unpaired) electrons. The van der Waals surface area contributed by atoms with Crippen molar-refractivity contribution in [3.8, 4) is 6.07 Å². The van der Waals surface area contributed by atoms with Gasteiger partial charge in [-0.1, -0.05) is 0 Å². The van der Waals surface area contributed by atoms with Gasteiger partial charge >= 0.3 is 5.97 Å². The van der Waals surface area contributed by atoms with Crippen molar-refractivity contribution in [2.45, 2.75) is 45.6 Å². The van der Waals surface area contributed by atoms with Crippen LogP contribution in [0, 0.1) is 22.6 Å². The Kier molecular flexibility index (Phi) is 6.75. The Balaban J connectivity index is 1.44. The van der Waals surface area contributed by atoms with E-state index in [1.54, 1.807) is 10.8 Å². The summed E-state index contributed by atoms with van der Waals surface area (Å²) in [6.07, 6.45) is 3.63. The van der Waals surface area contributed by atoms with E-state index in [1.807, 2.05) is 6.92 Å². The van der Waals surface area contributed by atoms with Crippen LogP contribution in [0.25, 0.3) is 0 Å². The second kappa shape index (κ2) is 9.71. The van der Waals surface area contributed by atoms with Gasteiger partial charge in [0.2, 0.25) is 0 Å². The van der Waals surface area contributed by atoms with Crippen molar-refractivity contribution >= 4 is 11.9 Å². The molecule has 4 rings (SSSR count). The van der Waals surface area contributed by atoms with Crippen molar-refractivity contribution in [2.24, 2.45) is 5.41 Å². The van der Waals surface area contributed by atoms with Gasteiger partial charge in [0.1, 0.15) is 17.6 Å². The molecule has 2 aliphatic heterocycles. The van der Waals surface area contributed by atoms with Crippen molar-refractivity contribution in [3.05, 3.63) is 52.1 Å². The van der Waals surface area contributed by atoms with E-state index in [4.69, 9.17) is 14.7 Å². The summed E-state index contributed by atoms with van der Waals surface area (Å²) in [4.78, 5) is 25.1. The topological polar surface area (TPSA) is 106 Å². The summed E-state index contributed by atoms with van der Waals surface area (Å²) in [7, 11) is 0. The molecule has 1 fully saturated rings. The lowest BCUT2D eigenvalue weighted by Gasteiger charge is -2.36. The Morgan fingerprint density at radius 2 is 2.18 bits per heavy atom. The van der Waals surface area contributed by atoms with Crippen LogP contribution in [0.1, 0.15) is 63.9 Å². The monoisotopic (exact) mass is 454 g/mol. The van der Waals surface area contributed by atoms with Gasteiger partial charge in [-0.15, -0.1) is 0 Å². The first kappa shape index (κ1) is 22.9. The summed E-state index contributed by atoms with van der Waals surface area (Å²) in [5.41, 5.74) is 2.38. The Morgan fingerprint density at radius 3 is 2.88 bits per heavy atom. The minimum Gasteiger partial charge on any atom is -0.462 e. The molecule has 2 aromatic rings. The number of amides is 1. The molecule has 1 saturated heterocycles. The van der Waals surface area contributed by atoms with Gasteiger partial charge in [-0.3, -0.25) is 9.48 Å². The van der Waals surface area contributed by atoms with Gasteiger partial charge in [0, 0.05) is 31.9 Å². The van der Waals surface area contributed by atoms with Gasteiger partial charge < -0.3 is 14.8 Å². The van der Waals surface area contributed by atoms with Crippen LogP contribution in [0.3, 0.4) is 0 Å². The minimum absolute atomic E-state index is 0.0261. The first-order valence-electron chi connectivity index (χ1n) is 11.3. The highest BCUT2D eigenvalue weighted by Crippen LogP contribution is 2.37. The normalized spacial score (nSPS) is 17.1.